The van der Waals surface area contributed by atoms with Gasteiger partial charge in [0.25, 0.3) is 0 Å². The van der Waals surface area contributed by atoms with E-state index in [9.17, 15) is 4.79 Å². The lowest BCUT2D eigenvalue weighted by molar-refractivity contribution is -0.140. The summed E-state index contributed by atoms with van der Waals surface area (Å²) in [7, 11) is 0. The maximum Gasteiger partial charge on any atom is 0.308 e. The van der Waals surface area contributed by atoms with Gasteiger partial charge in [0.2, 0.25) is 0 Å². The van der Waals surface area contributed by atoms with Crippen molar-refractivity contribution in [2.24, 2.45) is 5.92 Å². The van der Waals surface area contributed by atoms with Crippen molar-refractivity contribution >= 4 is 23.3 Å². The van der Waals surface area contributed by atoms with E-state index in [1.807, 2.05) is 29.2 Å². The summed E-state index contributed by atoms with van der Waals surface area (Å²) < 4.78 is 0. The highest BCUT2D eigenvalue weighted by Crippen LogP contribution is 2.29. The molecule has 0 amide bonds. The molecule has 1 aromatic carbocycles. The van der Waals surface area contributed by atoms with Crippen LogP contribution in [0.2, 0.25) is 5.02 Å². The van der Waals surface area contributed by atoms with Gasteiger partial charge in [-0.15, -0.1) is 0 Å². The summed E-state index contributed by atoms with van der Waals surface area (Å²) in [5.41, 5.74) is 0.933. The number of carbonyl (C=O) groups is 1. The van der Waals surface area contributed by atoms with Crippen LogP contribution in [-0.4, -0.2) is 24.2 Å². The second-order valence-electron chi connectivity index (χ2n) is 3.72. The topological polar surface area (TPSA) is 40.5 Å². The second-order valence-corrected chi connectivity index (χ2v) is 4.13. The zero-order chi connectivity index (χ0) is 10.8. The van der Waals surface area contributed by atoms with Crippen molar-refractivity contribution in [3.8, 4) is 0 Å². The summed E-state index contributed by atoms with van der Waals surface area (Å²) in [6.07, 6.45) is 0.695. The van der Waals surface area contributed by atoms with Crippen LogP contribution in [-0.2, 0) is 4.79 Å². The van der Waals surface area contributed by atoms with Gasteiger partial charge in [-0.3, -0.25) is 4.79 Å². The van der Waals surface area contributed by atoms with E-state index < -0.39 is 5.97 Å². The van der Waals surface area contributed by atoms with Gasteiger partial charge in [0.15, 0.2) is 0 Å². The summed E-state index contributed by atoms with van der Waals surface area (Å²) in [6, 6.07) is 7.53. The van der Waals surface area contributed by atoms with Crippen LogP contribution in [0.3, 0.4) is 0 Å². The van der Waals surface area contributed by atoms with Crippen molar-refractivity contribution in [1.29, 1.82) is 0 Å². The van der Waals surface area contributed by atoms with E-state index >= 15 is 0 Å². The highest BCUT2D eigenvalue weighted by Gasteiger charge is 2.28. The quantitative estimate of drug-likeness (QED) is 0.839. The third kappa shape index (κ3) is 2.07. The molecule has 0 spiro atoms. The highest BCUT2D eigenvalue weighted by molar-refractivity contribution is 6.33. The number of halogens is 1. The smallest absolute Gasteiger partial charge is 0.308 e. The molecule has 1 fully saturated rings. The van der Waals surface area contributed by atoms with Crippen LogP contribution in [0, 0.1) is 5.92 Å². The van der Waals surface area contributed by atoms with Gasteiger partial charge in [-0.2, -0.15) is 0 Å². The van der Waals surface area contributed by atoms with Gasteiger partial charge in [0.05, 0.1) is 16.6 Å². The van der Waals surface area contributed by atoms with Crippen LogP contribution in [0.15, 0.2) is 24.3 Å². The molecule has 15 heavy (non-hydrogen) atoms. The van der Waals surface area contributed by atoms with Crippen molar-refractivity contribution in [2.45, 2.75) is 6.42 Å². The molecule has 1 N–H and O–H groups in total. The van der Waals surface area contributed by atoms with E-state index in [4.69, 9.17) is 16.7 Å². The number of aliphatic carboxylic acids is 1. The van der Waals surface area contributed by atoms with Gasteiger partial charge in [-0.05, 0) is 18.6 Å². The fourth-order valence-corrected chi connectivity index (χ4v) is 2.14. The number of carboxylic acids is 1. The Morgan fingerprint density at radius 2 is 2.20 bits per heavy atom. The van der Waals surface area contributed by atoms with E-state index in [0.717, 1.165) is 12.2 Å². The van der Waals surface area contributed by atoms with Crippen LogP contribution >= 0.6 is 11.6 Å². The molecule has 0 aliphatic carbocycles. The van der Waals surface area contributed by atoms with E-state index in [0.29, 0.717) is 18.0 Å². The predicted molar refractivity (Wildman–Crippen MR) is 59.4 cm³/mol. The number of rotatable bonds is 2. The van der Waals surface area contributed by atoms with E-state index in [2.05, 4.69) is 0 Å². The summed E-state index contributed by atoms with van der Waals surface area (Å²) in [4.78, 5) is 12.8. The molecular weight excluding hydrogens is 214 g/mol. The van der Waals surface area contributed by atoms with Gasteiger partial charge < -0.3 is 10.0 Å². The minimum Gasteiger partial charge on any atom is -0.481 e. The fourth-order valence-electron chi connectivity index (χ4n) is 1.89. The Morgan fingerprint density at radius 3 is 2.80 bits per heavy atom. The lowest BCUT2D eigenvalue weighted by Gasteiger charge is -2.19. The standard InChI is InChI=1S/C11H12ClNO2/c12-9-3-1-2-4-10(9)13-6-5-8(7-13)11(14)15/h1-4,8H,5-7H2,(H,14,15)/t8-/m1/s1. The Bertz CT molecular complexity index is 381. The molecule has 0 unspecified atom stereocenters. The molecule has 0 saturated carbocycles. The first-order chi connectivity index (χ1) is 7.18. The van der Waals surface area contributed by atoms with Gasteiger partial charge >= 0.3 is 5.97 Å². The Hall–Kier alpha value is -1.22. The number of hydrogen-bond donors (Lipinski definition) is 1. The van der Waals surface area contributed by atoms with Crippen molar-refractivity contribution in [3.63, 3.8) is 0 Å². The Labute approximate surface area is 93.3 Å². The monoisotopic (exact) mass is 225 g/mol. The largest absolute Gasteiger partial charge is 0.481 e. The molecule has 0 aromatic heterocycles. The minimum absolute atomic E-state index is 0.263. The second kappa shape index (κ2) is 4.11. The first kappa shape index (κ1) is 10.3. The maximum atomic E-state index is 10.8. The molecule has 4 heteroatoms. The highest BCUT2D eigenvalue weighted by atomic mass is 35.5. The number of para-hydroxylation sites is 1. The third-order valence-electron chi connectivity index (χ3n) is 2.73. The van der Waals surface area contributed by atoms with Crippen LogP contribution < -0.4 is 4.90 Å². The first-order valence-corrected chi connectivity index (χ1v) is 5.28. The van der Waals surface area contributed by atoms with Crippen molar-refractivity contribution < 1.29 is 9.90 Å². The summed E-state index contributed by atoms with van der Waals surface area (Å²) >= 11 is 6.04. The summed E-state index contributed by atoms with van der Waals surface area (Å²) in [6.45, 7) is 1.32. The molecule has 1 aliphatic heterocycles. The molecule has 0 radical (unpaired) electrons. The molecule has 0 bridgehead atoms. The first-order valence-electron chi connectivity index (χ1n) is 4.91. The third-order valence-corrected chi connectivity index (χ3v) is 3.05. The van der Waals surface area contributed by atoms with Crippen LogP contribution in [0.4, 0.5) is 5.69 Å². The van der Waals surface area contributed by atoms with Crippen molar-refractivity contribution in [1.82, 2.24) is 0 Å². The number of nitrogens with zero attached hydrogens (tertiary/aromatic N) is 1. The lowest BCUT2D eigenvalue weighted by Crippen LogP contribution is -2.22. The van der Waals surface area contributed by atoms with Crippen LogP contribution in [0.25, 0.3) is 0 Å². The zero-order valence-corrected chi connectivity index (χ0v) is 8.94. The average Bonchev–Trinajstić information content (AvgIpc) is 2.67. The van der Waals surface area contributed by atoms with E-state index in [1.54, 1.807) is 0 Å². The summed E-state index contributed by atoms with van der Waals surface area (Å²) in [5, 5.41) is 9.57. The molecular formula is C11H12ClNO2. The van der Waals surface area contributed by atoms with Gasteiger partial charge in [0.1, 0.15) is 0 Å². The Morgan fingerprint density at radius 1 is 1.47 bits per heavy atom. The number of anilines is 1. The number of benzene rings is 1. The molecule has 2 rings (SSSR count). The Kier molecular flexibility index (Phi) is 2.82. The minimum atomic E-state index is -0.718. The lowest BCUT2D eigenvalue weighted by atomic mass is 10.1. The molecule has 1 aromatic rings. The van der Waals surface area contributed by atoms with Gasteiger partial charge in [0, 0.05) is 13.1 Å². The molecule has 3 nitrogen and oxygen atoms in total. The zero-order valence-electron chi connectivity index (χ0n) is 8.19. The number of carboxylic acid groups (broad SMARTS) is 1. The van der Waals surface area contributed by atoms with Crippen LogP contribution in [0.5, 0.6) is 0 Å². The van der Waals surface area contributed by atoms with Gasteiger partial charge in [-0.1, -0.05) is 23.7 Å². The SMILES string of the molecule is O=C(O)[C@@H]1CCN(c2ccccc2Cl)C1. The number of hydrogen-bond acceptors (Lipinski definition) is 2. The fraction of sp³-hybridized carbons (Fsp3) is 0.364. The molecule has 1 aliphatic rings. The molecule has 1 heterocycles. The van der Waals surface area contributed by atoms with Crippen LogP contribution in [0.1, 0.15) is 6.42 Å². The van der Waals surface area contributed by atoms with Gasteiger partial charge in [-0.25, -0.2) is 0 Å². The Balaban J connectivity index is 2.14. The van der Waals surface area contributed by atoms with E-state index in [1.165, 1.54) is 0 Å². The average molecular weight is 226 g/mol. The molecule has 1 atom stereocenters. The molecule has 1 saturated heterocycles. The van der Waals surface area contributed by atoms with Crippen molar-refractivity contribution in [2.75, 3.05) is 18.0 Å². The summed E-state index contributed by atoms with van der Waals surface area (Å²) in [5.74, 6) is -0.981. The van der Waals surface area contributed by atoms with E-state index in [-0.39, 0.29) is 5.92 Å². The maximum absolute atomic E-state index is 10.8. The normalized spacial score (nSPS) is 20.6. The van der Waals surface area contributed by atoms with Crippen molar-refractivity contribution in [3.05, 3.63) is 29.3 Å². The predicted octanol–water partition coefficient (Wildman–Crippen LogP) is 2.25. The molecule has 80 valence electrons.